The van der Waals surface area contributed by atoms with Gasteiger partial charge < -0.3 is 10.4 Å². The van der Waals surface area contributed by atoms with Gasteiger partial charge in [0.05, 0.1) is 32.3 Å². The van der Waals surface area contributed by atoms with Crippen LogP contribution in [-0.4, -0.2) is 49.3 Å². The first-order chi connectivity index (χ1) is 15.0. The van der Waals surface area contributed by atoms with E-state index in [4.69, 9.17) is 23.2 Å². The summed E-state index contributed by atoms with van der Waals surface area (Å²) in [6, 6.07) is 6.00. The number of hydrogen-bond acceptors (Lipinski definition) is 6. The van der Waals surface area contributed by atoms with Crippen LogP contribution < -0.4 is 5.32 Å². The van der Waals surface area contributed by atoms with E-state index >= 15 is 0 Å². The highest BCUT2D eigenvalue weighted by atomic mass is 35.5. The van der Waals surface area contributed by atoms with Crippen LogP contribution in [0.4, 0.5) is 0 Å². The Labute approximate surface area is 194 Å². The summed E-state index contributed by atoms with van der Waals surface area (Å²) in [5.41, 5.74) is 1.67. The third kappa shape index (κ3) is 5.20. The third-order valence-electron chi connectivity index (χ3n) is 5.10. The Hall–Kier alpha value is -2.69. The summed E-state index contributed by atoms with van der Waals surface area (Å²) < 4.78 is 23.5. The molecule has 0 fully saturated rings. The number of carboxylic acids is 1. The third-order valence-corrected chi connectivity index (χ3v) is 6.92. The van der Waals surface area contributed by atoms with Crippen molar-refractivity contribution < 1.29 is 23.1 Å². The molecule has 12 heteroatoms. The SMILES string of the molecule is CS(=O)(=O)c1cccc(C[C@H](NC(=O)c2c(Cl)cc3c(c2Cl)CCN(N=O)C3)C(=O)O)c1. The van der Waals surface area contributed by atoms with Gasteiger partial charge in [-0.15, -0.1) is 4.91 Å². The Morgan fingerprint density at radius 2 is 2.00 bits per heavy atom. The Morgan fingerprint density at radius 1 is 1.28 bits per heavy atom. The van der Waals surface area contributed by atoms with E-state index in [1.807, 2.05) is 0 Å². The number of carbonyl (C=O) groups excluding carboxylic acids is 1. The average Bonchev–Trinajstić information content (AvgIpc) is 2.72. The standard InChI is InChI=1S/C20H19Cl2N3O6S/c1-32(30,31)13-4-2-3-11(7-13)8-16(20(27)28)23-19(26)17-15(21)9-12-10-25(24-29)6-5-14(12)18(17)22/h2-4,7,9,16H,5-6,8,10H2,1H3,(H,23,26)(H,27,28)/t16-/m0/s1. The van der Waals surface area contributed by atoms with Crippen LogP contribution in [-0.2, 0) is 34.0 Å². The molecule has 1 atom stereocenters. The molecule has 0 spiro atoms. The minimum absolute atomic E-state index is 0.0159. The largest absolute Gasteiger partial charge is 0.480 e. The van der Waals surface area contributed by atoms with Crippen LogP contribution in [0.3, 0.4) is 0 Å². The molecule has 0 unspecified atom stereocenters. The molecule has 1 aliphatic heterocycles. The zero-order valence-corrected chi connectivity index (χ0v) is 19.2. The lowest BCUT2D eigenvalue weighted by Gasteiger charge is -2.26. The van der Waals surface area contributed by atoms with Crippen molar-refractivity contribution in [2.45, 2.75) is 30.3 Å². The van der Waals surface area contributed by atoms with E-state index in [9.17, 15) is 28.0 Å². The first-order valence-electron chi connectivity index (χ1n) is 9.42. The Kier molecular flexibility index (Phi) is 7.06. The molecule has 2 aromatic rings. The summed E-state index contributed by atoms with van der Waals surface area (Å²) in [6.45, 7) is 0.530. The lowest BCUT2D eigenvalue weighted by atomic mass is 9.97. The van der Waals surface area contributed by atoms with Gasteiger partial charge in [-0.05, 0) is 41.3 Å². The van der Waals surface area contributed by atoms with Crippen LogP contribution in [0.2, 0.25) is 10.0 Å². The molecule has 2 aromatic carbocycles. The summed E-state index contributed by atoms with van der Waals surface area (Å²) in [5.74, 6) is -2.08. The molecule has 9 nitrogen and oxygen atoms in total. The van der Waals surface area contributed by atoms with Gasteiger partial charge in [0.15, 0.2) is 9.84 Å². The van der Waals surface area contributed by atoms with Gasteiger partial charge >= 0.3 is 5.97 Å². The lowest BCUT2D eigenvalue weighted by Crippen LogP contribution is -2.42. The first-order valence-corrected chi connectivity index (χ1v) is 12.1. The van der Waals surface area contributed by atoms with Gasteiger partial charge in [-0.2, -0.15) is 0 Å². The zero-order chi connectivity index (χ0) is 23.6. The number of aliphatic carboxylic acids is 1. The van der Waals surface area contributed by atoms with Gasteiger partial charge in [-0.25, -0.2) is 13.2 Å². The molecule has 0 saturated carbocycles. The second-order valence-corrected chi connectivity index (χ2v) is 10.2. The Morgan fingerprint density at radius 3 is 2.62 bits per heavy atom. The molecule has 0 radical (unpaired) electrons. The van der Waals surface area contributed by atoms with Gasteiger partial charge in [-0.3, -0.25) is 9.80 Å². The van der Waals surface area contributed by atoms with Crippen LogP contribution in [0.5, 0.6) is 0 Å². The quantitative estimate of drug-likeness (QED) is 0.559. The maximum absolute atomic E-state index is 12.9. The number of fused-ring (bicyclic) bond motifs is 1. The van der Waals surface area contributed by atoms with Crippen LogP contribution in [0.1, 0.15) is 27.0 Å². The first kappa shape index (κ1) is 24.0. The fourth-order valence-corrected chi connectivity index (χ4v) is 4.94. The van der Waals surface area contributed by atoms with E-state index in [0.29, 0.717) is 29.7 Å². The lowest BCUT2D eigenvalue weighted by molar-refractivity contribution is -0.139. The molecule has 2 N–H and O–H groups in total. The van der Waals surface area contributed by atoms with Crippen molar-refractivity contribution in [3.63, 3.8) is 0 Å². The van der Waals surface area contributed by atoms with Gasteiger partial charge in [0.2, 0.25) is 0 Å². The maximum atomic E-state index is 12.9. The van der Waals surface area contributed by atoms with Crippen molar-refractivity contribution in [3.8, 4) is 0 Å². The number of nitrogens with zero attached hydrogens (tertiary/aromatic N) is 2. The fourth-order valence-electron chi connectivity index (χ4n) is 3.48. The number of halogens is 2. The zero-order valence-electron chi connectivity index (χ0n) is 16.8. The highest BCUT2D eigenvalue weighted by Gasteiger charge is 2.28. The van der Waals surface area contributed by atoms with Crippen molar-refractivity contribution >= 4 is 44.9 Å². The molecule has 1 aliphatic rings. The number of amides is 1. The van der Waals surface area contributed by atoms with Crippen LogP contribution in [0.25, 0.3) is 0 Å². The van der Waals surface area contributed by atoms with Gasteiger partial charge in [0, 0.05) is 19.2 Å². The number of hydrogen-bond donors (Lipinski definition) is 2. The molecule has 3 rings (SSSR count). The van der Waals surface area contributed by atoms with Crippen molar-refractivity contribution in [1.29, 1.82) is 0 Å². The van der Waals surface area contributed by atoms with E-state index in [1.165, 1.54) is 29.3 Å². The molecule has 32 heavy (non-hydrogen) atoms. The second kappa shape index (κ2) is 9.43. The normalized spacial score (nSPS) is 14.4. The molecule has 0 bridgehead atoms. The minimum Gasteiger partial charge on any atom is -0.480 e. The summed E-state index contributed by atoms with van der Waals surface area (Å²) in [4.78, 5) is 35.5. The monoisotopic (exact) mass is 499 g/mol. The van der Waals surface area contributed by atoms with E-state index in [2.05, 4.69) is 10.6 Å². The molecule has 1 heterocycles. The Balaban J connectivity index is 1.86. The average molecular weight is 500 g/mol. The highest BCUT2D eigenvalue weighted by Crippen LogP contribution is 2.34. The molecule has 170 valence electrons. The number of rotatable bonds is 7. The second-order valence-electron chi connectivity index (χ2n) is 7.39. The summed E-state index contributed by atoms with van der Waals surface area (Å²) >= 11 is 12.7. The topological polar surface area (TPSA) is 133 Å². The molecule has 0 aliphatic carbocycles. The molecular formula is C20H19Cl2N3O6S. The minimum atomic E-state index is -3.47. The van der Waals surface area contributed by atoms with Gasteiger partial charge in [-0.1, -0.05) is 35.3 Å². The van der Waals surface area contributed by atoms with Crippen molar-refractivity contribution in [1.82, 2.24) is 10.3 Å². The Bertz CT molecular complexity index is 1200. The summed E-state index contributed by atoms with van der Waals surface area (Å²) in [7, 11) is -3.47. The highest BCUT2D eigenvalue weighted by molar-refractivity contribution is 7.90. The van der Waals surface area contributed by atoms with Crippen LogP contribution >= 0.6 is 23.2 Å². The summed E-state index contributed by atoms with van der Waals surface area (Å²) in [5, 5.41) is 16.3. The van der Waals surface area contributed by atoms with Crippen molar-refractivity contribution in [3.05, 3.63) is 67.5 Å². The maximum Gasteiger partial charge on any atom is 0.326 e. The number of nitroso groups, excluding NO2 is 1. The smallest absolute Gasteiger partial charge is 0.326 e. The predicted molar refractivity (Wildman–Crippen MR) is 119 cm³/mol. The molecular weight excluding hydrogens is 481 g/mol. The van der Waals surface area contributed by atoms with Gasteiger partial charge in [0.1, 0.15) is 6.04 Å². The molecule has 0 aromatic heterocycles. The molecule has 0 saturated heterocycles. The number of nitrogens with one attached hydrogen (secondary N) is 1. The van der Waals surface area contributed by atoms with Crippen LogP contribution in [0.15, 0.2) is 40.5 Å². The van der Waals surface area contributed by atoms with E-state index in [-0.39, 0.29) is 33.5 Å². The van der Waals surface area contributed by atoms with E-state index < -0.39 is 27.8 Å². The predicted octanol–water partition coefficient (Wildman–Crippen LogP) is 2.86. The van der Waals surface area contributed by atoms with E-state index in [0.717, 1.165) is 6.26 Å². The van der Waals surface area contributed by atoms with E-state index in [1.54, 1.807) is 6.07 Å². The van der Waals surface area contributed by atoms with Crippen LogP contribution in [0, 0.1) is 4.91 Å². The summed E-state index contributed by atoms with van der Waals surface area (Å²) in [6.07, 6.45) is 1.27. The molecule has 1 amide bonds. The number of carboxylic acid groups (broad SMARTS) is 1. The van der Waals surface area contributed by atoms with Crippen molar-refractivity contribution in [2.24, 2.45) is 5.29 Å². The fraction of sp³-hybridized carbons (Fsp3) is 0.300. The number of benzene rings is 2. The number of carbonyl (C=O) groups is 2. The number of sulfone groups is 1. The van der Waals surface area contributed by atoms with Gasteiger partial charge in [0.25, 0.3) is 5.91 Å². The van der Waals surface area contributed by atoms with Crippen molar-refractivity contribution in [2.75, 3.05) is 12.8 Å².